The van der Waals surface area contributed by atoms with Crippen LogP contribution in [0.5, 0.6) is 0 Å². The van der Waals surface area contributed by atoms with E-state index in [1.165, 1.54) is 6.42 Å². The molecule has 1 fully saturated rings. The molecular weight excluding hydrogens is 242 g/mol. The van der Waals surface area contributed by atoms with Gasteiger partial charge in [0, 0.05) is 13.1 Å². The molecule has 4 heteroatoms. The van der Waals surface area contributed by atoms with Gasteiger partial charge in [-0.2, -0.15) is 0 Å². The number of nitrogens with zero attached hydrogens (tertiary/aromatic N) is 2. The summed E-state index contributed by atoms with van der Waals surface area (Å²) in [7, 11) is 0. The Labute approximate surface area is 92.4 Å². The van der Waals surface area contributed by atoms with Crippen LogP contribution in [0.25, 0.3) is 0 Å². The van der Waals surface area contributed by atoms with E-state index in [1.807, 2.05) is 18.2 Å². The quantitative estimate of drug-likeness (QED) is 0.818. The Hall–Kier alpha value is -0.610. The molecule has 1 aromatic heterocycles. The average Bonchev–Trinajstić information content (AvgIpc) is 2.66. The fraction of sp³-hybridized carbons (Fsp3) is 0.500. The maximum Gasteiger partial charge on any atom is 0.129 e. The SMILES string of the molecule is NCC1CCN(c2cccc(Br)n2)C1. The minimum absolute atomic E-state index is 0.635. The molecule has 76 valence electrons. The van der Waals surface area contributed by atoms with Crippen molar-refractivity contribution in [3.8, 4) is 0 Å². The van der Waals surface area contributed by atoms with Crippen LogP contribution in [0.1, 0.15) is 6.42 Å². The molecule has 0 saturated carbocycles. The van der Waals surface area contributed by atoms with Gasteiger partial charge in [0.05, 0.1) is 0 Å². The summed E-state index contributed by atoms with van der Waals surface area (Å²) in [4.78, 5) is 6.72. The summed E-state index contributed by atoms with van der Waals surface area (Å²) in [6.07, 6.45) is 1.19. The van der Waals surface area contributed by atoms with Crippen LogP contribution in [0.4, 0.5) is 5.82 Å². The molecule has 0 amide bonds. The van der Waals surface area contributed by atoms with Gasteiger partial charge in [-0.3, -0.25) is 0 Å². The van der Waals surface area contributed by atoms with Gasteiger partial charge in [0.15, 0.2) is 0 Å². The Kier molecular flexibility index (Phi) is 3.03. The molecule has 0 spiro atoms. The Bertz CT molecular complexity index is 316. The average molecular weight is 256 g/mol. The zero-order chi connectivity index (χ0) is 9.97. The van der Waals surface area contributed by atoms with Crippen molar-refractivity contribution >= 4 is 21.7 Å². The van der Waals surface area contributed by atoms with Crippen molar-refractivity contribution in [2.24, 2.45) is 11.7 Å². The lowest BCUT2D eigenvalue weighted by atomic mass is 10.1. The number of halogens is 1. The van der Waals surface area contributed by atoms with Gasteiger partial charge in [-0.1, -0.05) is 6.07 Å². The zero-order valence-corrected chi connectivity index (χ0v) is 9.57. The van der Waals surface area contributed by atoms with Crippen molar-refractivity contribution in [3.05, 3.63) is 22.8 Å². The number of hydrogen-bond donors (Lipinski definition) is 1. The maximum atomic E-state index is 5.65. The molecule has 1 aliphatic rings. The van der Waals surface area contributed by atoms with Crippen molar-refractivity contribution < 1.29 is 0 Å². The topological polar surface area (TPSA) is 42.1 Å². The lowest BCUT2D eigenvalue weighted by Crippen LogP contribution is -2.23. The molecule has 2 N–H and O–H groups in total. The fourth-order valence-electron chi connectivity index (χ4n) is 1.81. The highest BCUT2D eigenvalue weighted by molar-refractivity contribution is 9.10. The first-order valence-electron chi connectivity index (χ1n) is 4.87. The van der Waals surface area contributed by atoms with Gasteiger partial charge in [-0.05, 0) is 46.9 Å². The molecule has 1 atom stereocenters. The van der Waals surface area contributed by atoms with E-state index in [-0.39, 0.29) is 0 Å². The van der Waals surface area contributed by atoms with Gasteiger partial charge in [-0.25, -0.2) is 4.98 Å². The molecule has 0 bridgehead atoms. The highest BCUT2D eigenvalue weighted by atomic mass is 79.9. The van der Waals surface area contributed by atoms with Crippen LogP contribution in [-0.4, -0.2) is 24.6 Å². The van der Waals surface area contributed by atoms with Gasteiger partial charge in [0.25, 0.3) is 0 Å². The number of aromatic nitrogens is 1. The molecule has 0 radical (unpaired) electrons. The molecule has 14 heavy (non-hydrogen) atoms. The fourth-order valence-corrected chi connectivity index (χ4v) is 2.14. The molecule has 3 nitrogen and oxygen atoms in total. The third-order valence-corrected chi connectivity index (χ3v) is 3.09. The summed E-state index contributed by atoms with van der Waals surface area (Å²) in [5, 5.41) is 0. The number of hydrogen-bond acceptors (Lipinski definition) is 3. The van der Waals surface area contributed by atoms with E-state index in [2.05, 4.69) is 25.8 Å². The van der Waals surface area contributed by atoms with E-state index in [4.69, 9.17) is 5.73 Å². The second kappa shape index (κ2) is 4.28. The van der Waals surface area contributed by atoms with Crippen molar-refractivity contribution in [2.45, 2.75) is 6.42 Å². The first kappa shape index (κ1) is 9.93. The van der Waals surface area contributed by atoms with Crippen LogP contribution in [0.3, 0.4) is 0 Å². The van der Waals surface area contributed by atoms with Crippen LogP contribution in [-0.2, 0) is 0 Å². The monoisotopic (exact) mass is 255 g/mol. The number of nitrogens with two attached hydrogens (primary N) is 1. The Balaban J connectivity index is 2.09. The van der Waals surface area contributed by atoms with E-state index in [9.17, 15) is 0 Å². The summed E-state index contributed by atoms with van der Waals surface area (Å²) in [6.45, 7) is 2.90. The molecule has 1 unspecified atom stereocenters. The minimum atomic E-state index is 0.635. The standard InChI is InChI=1S/C10H14BrN3/c11-9-2-1-3-10(13-9)14-5-4-8(6-12)7-14/h1-3,8H,4-7,12H2. The number of anilines is 1. The predicted molar refractivity (Wildman–Crippen MR) is 61.3 cm³/mol. The lowest BCUT2D eigenvalue weighted by Gasteiger charge is -2.17. The smallest absolute Gasteiger partial charge is 0.129 e. The first-order chi connectivity index (χ1) is 6.79. The summed E-state index contributed by atoms with van der Waals surface area (Å²) in [5.41, 5.74) is 5.65. The molecule has 1 aliphatic heterocycles. The molecule has 0 aliphatic carbocycles. The predicted octanol–water partition coefficient (Wildman–Crippen LogP) is 1.63. The second-order valence-corrected chi connectivity index (χ2v) is 4.47. The zero-order valence-electron chi connectivity index (χ0n) is 7.99. The molecule has 2 rings (SSSR count). The van der Waals surface area contributed by atoms with Gasteiger partial charge in [0.2, 0.25) is 0 Å². The normalized spacial score (nSPS) is 21.6. The third kappa shape index (κ3) is 2.07. The van der Waals surface area contributed by atoms with E-state index in [0.717, 1.165) is 30.1 Å². The maximum absolute atomic E-state index is 5.65. The second-order valence-electron chi connectivity index (χ2n) is 3.65. The highest BCUT2D eigenvalue weighted by Crippen LogP contribution is 2.22. The van der Waals surface area contributed by atoms with Gasteiger partial charge >= 0.3 is 0 Å². The highest BCUT2D eigenvalue weighted by Gasteiger charge is 2.21. The summed E-state index contributed by atoms with van der Waals surface area (Å²) < 4.78 is 0.895. The lowest BCUT2D eigenvalue weighted by molar-refractivity contribution is 0.602. The number of pyridine rings is 1. The molecule has 1 saturated heterocycles. The Morgan fingerprint density at radius 2 is 2.43 bits per heavy atom. The molecule has 0 aromatic carbocycles. The van der Waals surface area contributed by atoms with Gasteiger partial charge in [-0.15, -0.1) is 0 Å². The first-order valence-corrected chi connectivity index (χ1v) is 5.66. The van der Waals surface area contributed by atoms with E-state index in [0.29, 0.717) is 5.92 Å². The van der Waals surface area contributed by atoms with Gasteiger partial charge in [0.1, 0.15) is 10.4 Å². The van der Waals surface area contributed by atoms with Crippen LogP contribution in [0.15, 0.2) is 22.8 Å². The number of rotatable bonds is 2. The van der Waals surface area contributed by atoms with E-state index in [1.54, 1.807) is 0 Å². The Morgan fingerprint density at radius 3 is 3.07 bits per heavy atom. The summed E-state index contributed by atoms with van der Waals surface area (Å²) in [5.74, 6) is 1.69. The van der Waals surface area contributed by atoms with Crippen LogP contribution >= 0.6 is 15.9 Å². The molecule has 2 heterocycles. The van der Waals surface area contributed by atoms with Crippen molar-refractivity contribution in [1.29, 1.82) is 0 Å². The minimum Gasteiger partial charge on any atom is -0.356 e. The van der Waals surface area contributed by atoms with Crippen molar-refractivity contribution in [1.82, 2.24) is 4.98 Å². The van der Waals surface area contributed by atoms with Crippen LogP contribution in [0.2, 0.25) is 0 Å². The van der Waals surface area contributed by atoms with Crippen molar-refractivity contribution in [2.75, 3.05) is 24.5 Å². The van der Waals surface area contributed by atoms with E-state index < -0.39 is 0 Å². The van der Waals surface area contributed by atoms with E-state index >= 15 is 0 Å². The van der Waals surface area contributed by atoms with Gasteiger partial charge < -0.3 is 10.6 Å². The van der Waals surface area contributed by atoms with Crippen LogP contribution < -0.4 is 10.6 Å². The largest absolute Gasteiger partial charge is 0.356 e. The van der Waals surface area contributed by atoms with Crippen molar-refractivity contribution in [3.63, 3.8) is 0 Å². The summed E-state index contributed by atoms with van der Waals surface area (Å²) in [6, 6.07) is 6.01. The Morgan fingerprint density at radius 1 is 1.57 bits per heavy atom. The van der Waals surface area contributed by atoms with Crippen LogP contribution in [0, 0.1) is 5.92 Å². The molecule has 1 aromatic rings. The molecular formula is C10H14BrN3. The summed E-state index contributed by atoms with van der Waals surface area (Å²) >= 11 is 3.38. The third-order valence-electron chi connectivity index (χ3n) is 2.64.